The lowest BCUT2D eigenvalue weighted by Crippen LogP contribution is -2.00. The fourth-order valence-electron chi connectivity index (χ4n) is 2.15. The van der Waals surface area contributed by atoms with Crippen LogP contribution in [0, 0.1) is 5.82 Å². The molecule has 1 atom stereocenters. The van der Waals surface area contributed by atoms with Crippen molar-refractivity contribution in [2.75, 3.05) is 7.11 Å². The first-order valence-electron chi connectivity index (χ1n) is 6.88. The SMILES string of the molecule is CCc1ccc(Oc2cccc(F)c2[C@H](C)O)c(OC)c1. The standard InChI is InChI=1S/C17H19FO3/c1-4-12-8-9-14(16(10-12)20-3)21-15-7-5-6-13(18)17(15)11(2)19/h5-11,19H,4H2,1-3H3/t11-/m0/s1. The summed E-state index contributed by atoms with van der Waals surface area (Å²) in [6.45, 7) is 3.55. The summed E-state index contributed by atoms with van der Waals surface area (Å²) in [4.78, 5) is 0. The van der Waals surface area contributed by atoms with Crippen LogP contribution in [0.1, 0.15) is 31.1 Å². The maximum Gasteiger partial charge on any atom is 0.169 e. The first-order valence-corrected chi connectivity index (χ1v) is 6.88. The lowest BCUT2D eigenvalue weighted by atomic mass is 10.1. The Kier molecular flexibility index (Phi) is 4.81. The third-order valence-electron chi connectivity index (χ3n) is 3.29. The number of halogens is 1. The molecule has 3 nitrogen and oxygen atoms in total. The molecule has 0 aliphatic carbocycles. The van der Waals surface area contributed by atoms with E-state index >= 15 is 0 Å². The maximum atomic E-state index is 13.8. The quantitative estimate of drug-likeness (QED) is 0.895. The number of rotatable bonds is 5. The van der Waals surface area contributed by atoms with Gasteiger partial charge in [-0.15, -0.1) is 0 Å². The average Bonchev–Trinajstić information content (AvgIpc) is 2.47. The highest BCUT2D eigenvalue weighted by atomic mass is 19.1. The topological polar surface area (TPSA) is 38.7 Å². The van der Waals surface area contributed by atoms with Gasteiger partial charge in [0, 0.05) is 0 Å². The van der Waals surface area contributed by atoms with Crippen LogP contribution < -0.4 is 9.47 Å². The predicted octanol–water partition coefficient (Wildman–Crippen LogP) is 4.24. The lowest BCUT2D eigenvalue weighted by molar-refractivity contribution is 0.190. The molecule has 1 N–H and O–H groups in total. The molecule has 0 unspecified atom stereocenters. The van der Waals surface area contributed by atoms with E-state index in [0.29, 0.717) is 11.5 Å². The number of methoxy groups -OCH3 is 1. The van der Waals surface area contributed by atoms with Crippen molar-refractivity contribution in [2.24, 2.45) is 0 Å². The fourth-order valence-corrected chi connectivity index (χ4v) is 2.15. The van der Waals surface area contributed by atoms with Crippen LogP contribution in [0.25, 0.3) is 0 Å². The molecule has 21 heavy (non-hydrogen) atoms. The maximum absolute atomic E-state index is 13.8. The van der Waals surface area contributed by atoms with Crippen LogP contribution in [-0.2, 0) is 6.42 Å². The molecule has 0 bridgehead atoms. The van der Waals surface area contributed by atoms with Gasteiger partial charge < -0.3 is 14.6 Å². The second-order valence-electron chi connectivity index (χ2n) is 4.77. The van der Waals surface area contributed by atoms with Gasteiger partial charge in [-0.25, -0.2) is 4.39 Å². The summed E-state index contributed by atoms with van der Waals surface area (Å²) < 4.78 is 24.9. The zero-order valence-electron chi connectivity index (χ0n) is 12.4. The number of hydrogen-bond acceptors (Lipinski definition) is 3. The van der Waals surface area contributed by atoms with Crippen molar-refractivity contribution in [3.8, 4) is 17.2 Å². The van der Waals surface area contributed by atoms with Crippen molar-refractivity contribution in [2.45, 2.75) is 26.4 Å². The van der Waals surface area contributed by atoms with Crippen LogP contribution in [0.3, 0.4) is 0 Å². The summed E-state index contributed by atoms with van der Waals surface area (Å²) in [6.07, 6.45) is -0.0719. The number of benzene rings is 2. The Balaban J connectivity index is 2.41. The van der Waals surface area contributed by atoms with E-state index in [-0.39, 0.29) is 11.3 Å². The summed E-state index contributed by atoms with van der Waals surface area (Å²) in [6, 6.07) is 10.1. The fraction of sp³-hybridized carbons (Fsp3) is 0.294. The third-order valence-corrected chi connectivity index (χ3v) is 3.29. The van der Waals surface area contributed by atoms with Gasteiger partial charge in [-0.3, -0.25) is 0 Å². The van der Waals surface area contributed by atoms with Crippen molar-refractivity contribution in [3.05, 3.63) is 53.3 Å². The van der Waals surface area contributed by atoms with Gasteiger partial charge in [-0.05, 0) is 43.2 Å². The number of ether oxygens (including phenoxy) is 2. The highest BCUT2D eigenvalue weighted by Crippen LogP contribution is 2.36. The molecule has 0 saturated heterocycles. The molecule has 2 aromatic rings. The zero-order chi connectivity index (χ0) is 15.4. The zero-order valence-corrected chi connectivity index (χ0v) is 12.4. The van der Waals surface area contributed by atoms with Gasteiger partial charge in [0.2, 0.25) is 0 Å². The molecule has 0 spiro atoms. The van der Waals surface area contributed by atoms with Crippen molar-refractivity contribution in [3.63, 3.8) is 0 Å². The smallest absolute Gasteiger partial charge is 0.169 e. The van der Waals surface area contributed by atoms with Crippen LogP contribution >= 0.6 is 0 Å². The Morgan fingerprint density at radius 2 is 1.90 bits per heavy atom. The lowest BCUT2D eigenvalue weighted by Gasteiger charge is -2.16. The molecule has 4 heteroatoms. The van der Waals surface area contributed by atoms with Crippen molar-refractivity contribution >= 4 is 0 Å². The number of aliphatic hydroxyl groups is 1. The molecule has 0 fully saturated rings. The van der Waals surface area contributed by atoms with Crippen LogP contribution in [0.2, 0.25) is 0 Å². The van der Waals surface area contributed by atoms with E-state index in [2.05, 4.69) is 0 Å². The minimum atomic E-state index is -0.956. The van der Waals surface area contributed by atoms with Crippen LogP contribution in [-0.4, -0.2) is 12.2 Å². The molecule has 112 valence electrons. The van der Waals surface area contributed by atoms with E-state index in [9.17, 15) is 9.50 Å². The van der Waals surface area contributed by atoms with E-state index < -0.39 is 11.9 Å². The largest absolute Gasteiger partial charge is 0.493 e. The van der Waals surface area contributed by atoms with Crippen molar-refractivity contribution in [1.29, 1.82) is 0 Å². The predicted molar refractivity (Wildman–Crippen MR) is 79.5 cm³/mol. The first kappa shape index (κ1) is 15.3. The highest BCUT2D eigenvalue weighted by Gasteiger charge is 2.16. The Labute approximate surface area is 124 Å². The molecule has 0 heterocycles. The molecule has 0 amide bonds. The van der Waals surface area contributed by atoms with E-state index in [0.717, 1.165) is 12.0 Å². The van der Waals surface area contributed by atoms with Gasteiger partial charge in [0.1, 0.15) is 11.6 Å². The second kappa shape index (κ2) is 6.59. The van der Waals surface area contributed by atoms with Crippen LogP contribution in [0.15, 0.2) is 36.4 Å². The molecule has 0 aliphatic heterocycles. The Bertz CT molecular complexity index is 623. The summed E-state index contributed by atoms with van der Waals surface area (Å²) in [7, 11) is 1.56. The van der Waals surface area contributed by atoms with Gasteiger partial charge in [0.25, 0.3) is 0 Å². The van der Waals surface area contributed by atoms with E-state index in [1.165, 1.54) is 13.0 Å². The van der Waals surface area contributed by atoms with E-state index in [1.807, 2.05) is 19.1 Å². The second-order valence-corrected chi connectivity index (χ2v) is 4.77. The van der Waals surface area contributed by atoms with Gasteiger partial charge >= 0.3 is 0 Å². The molecule has 0 aliphatic rings. The van der Waals surface area contributed by atoms with Crippen molar-refractivity contribution < 1.29 is 19.0 Å². The molecular weight excluding hydrogens is 271 g/mol. The van der Waals surface area contributed by atoms with Gasteiger partial charge in [-0.2, -0.15) is 0 Å². The average molecular weight is 290 g/mol. The summed E-state index contributed by atoms with van der Waals surface area (Å²) in [5, 5.41) is 9.72. The number of aliphatic hydroxyl groups excluding tert-OH is 1. The number of aryl methyl sites for hydroxylation is 1. The Morgan fingerprint density at radius 1 is 1.14 bits per heavy atom. The molecule has 2 rings (SSSR count). The molecule has 2 aromatic carbocycles. The normalized spacial score (nSPS) is 12.0. The molecule has 0 radical (unpaired) electrons. The molecule has 0 aromatic heterocycles. The third kappa shape index (κ3) is 3.34. The van der Waals surface area contributed by atoms with E-state index in [4.69, 9.17) is 9.47 Å². The van der Waals surface area contributed by atoms with Crippen LogP contribution in [0.4, 0.5) is 4.39 Å². The van der Waals surface area contributed by atoms with Gasteiger partial charge in [0.15, 0.2) is 11.5 Å². The Hall–Kier alpha value is -2.07. The summed E-state index contributed by atoms with van der Waals surface area (Å²) >= 11 is 0. The summed E-state index contributed by atoms with van der Waals surface area (Å²) in [5.41, 5.74) is 1.26. The molecule has 0 saturated carbocycles. The minimum Gasteiger partial charge on any atom is -0.493 e. The van der Waals surface area contributed by atoms with Gasteiger partial charge in [0.05, 0.1) is 18.8 Å². The minimum absolute atomic E-state index is 0.138. The monoisotopic (exact) mass is 290 g/mol. The molecular formula is C17H19FO3. The van der Waals surface area contributed by atoms with Crippen molar-refractivity contribution in [1.82, 2.24) is 0 Å². The van der Waals surface area contributed by atoms with E-state index in [1.54, 1.807) is 25.3 Å². The van der Waals surface area contributed by atoms with Gasteiger partial charge in [-0.1, -0.05) is 19.1 Å². The first-order chi connectivity index (χ1) is 10.1. The summed E-state index contributed by atoms with van der Waals surface area (Å²) in [5.74, 6) is 0.858. The van der Waals surface area contributed by atoms with Crippen LogP contribution in [0.5, 0.6) is 17.2 Å². The number of hydrogen-bond donors (Lipinski definition) is 1. The Morgan fingerprint density at radius 3 is 2.52 bits per heavy atom. The highest BCUT2D eigenvalue weighted by molar-refractivity contribution is 5.47.